The van der Waals surface area contributed by atoms with Crippen LogP contribution in [0.5, 0.6) is 0 Å². The van der Waals surface area contributed by atoms with Gasteiger partial charge < -0.3 is 0 Å². The van der Waals surface area contributed by atoms with E-state index in [4.69, 9.17) is 0 Å². The zero-order valence-corrected chi connectivity index (χ0v) is 13.8. The van der Waals surface area contributed by atoms with E-state index in [1.54, 1.807) is 6.20 Å². The van der Waals surface area contributed by atoms with Crippen LogP contribution in [0.1, 0.15) is 43.6 Å². The molecule has 0 N–H and O–H groups in total. The molecule has 18 heavy (non-hydrogen) atoms. The molecule has 0 aliphatic heterocycles. The fourth-order valence-electron chi connectivity index (χ4n) is 2.57. The standard InChI is InChI=1S/C14H17Br2NO/c1-8-3-4-10(5-9(8)2)14(18)13-12(16)6-11(15)7-17-13/h6-10H,3-5H2,1-2H3. The molecule has 98 valence electrons. The van der Waals surface area contributed by atoms with Crippen LogP contribution in [0.25, 0.3) is 0 Å². The lowest BCUT2D eigenvalue weighted by Crippen LogP contribution is -2.27. The molecule has 0 bridgehead atoms. The summed E-state index contributed by atoms with van der Waals surface area (Å²) < 4.78 is 1.67. The van der Waals surface area contributed by atoms with E-state index < -0.39 is 0 Å². The molecule has 2 rings (SSSR count). The van der Waals surface area contributed by atoms with Crippen molar-refractivity contribution in [3.05, 3.63) is 26.9 Å². The van der Waals surface area contributed by atoms with Crippen LogP contribution in [0.4, 0.5) is 0 Å². The number of Topliss-reactive ketones (excluding diaryl/α,β-unsaturated/α-hetero) is 1. The van der Waals surface area contributed by atoms with Crippen molar-refractivity contribution >= 4 is 37.6 Å². The second kappa shape index (κ2) is 5.83. The van der Waals surface area contributed by atoms with Gasteiger partial charge in [-0.1, -0.05) is 13.8 Å². The minimum Gasteiger partial charge on any atom is -0.292 e. The second-order valence-electron chi connectivity index (χ2n) is 5.31. The average molecular weight is 375 g/mol. The topological polar surface area (TPSA) is 30.0 Å². The predicted molar refractivity (Wildman–Crippen MR) is 79.6 cm³/mol. The van der Waals surface area contributed by atoms with Gasteiger partial charge in [-0.3, -0.25) is 9.78 Å². The normalized spacial score (nSPS) is 28.1. The number of aromatic nitrogens is 1. The van der Waals surface area contributed by atoms with Crippen LogP contribution in [0, 0.1) is 17.8 Å². The monoisotopic (exact) mass is 373 g/mol. The maximum absolute atomic E-state index is 12.5. The highest BCUT2D eigenvalue weighted by Crippen LogP contribution is 2.35. The number of ketones is 1. The van der Waals surface area contributed by atoms with E-state index in [0.29, 0.717) is 11.6 Å². The maximum Gasteiger partial charge on any atom is 0.185 e. The van der Waals surface area contributed by atoms with E-state index in [0.717, 1.165) is 34.1 Å². The van der Waals surface area contributed by atoms with E-state index in [1.165, 1.54) is 0 Å². The Kier molecular flexibility index (Phi) is 4.59. The van der Waals surface area contributed by atoms with Gasteiger partial charge >= 0.3 is 0 Å². The molecule has 1 saturated carbocycles. The Morgan fingerprint density at radius 3 is 2.61 bits per heavy atom. The van der Waals surface area contributed by atoms with Crippen molar-refractivity contribution in [3.8, 4) is 0 Å². The van der Waals surface area contributed by atoms with Crippen molar-refractivity contribution < 1.29 is 4.79 Å². The molecule has 3 atom stereocenters. The van der Waals surface area contributed by atoms with Crippen molar-refractivity contribution in [3.63, 3.8) is 0 Å². The quantitative estimate of drug-likeness (QED) is 0.691. The third-order valence-electron chi connectivity index (χ3n) is 4.01. The Bertz CT molecular complexity index is 461. The molecule has 0 amide bonds. The minimum absolute atomic E-state index is 0.140. The number of pyridine rings is 1. The van der Waals surface area contributed by atoms with Gasteiger partial charge in [-0.05, 0) is 69.0 Å². The van der Waals surface area contributed by atoms with Crippen LogP contribution < -0.4 is 0 Å². The summed E-state index contributed by atoms with van der Waals surface area (Å²) >= 11 is 6.78. The first-order valence-corrected chi connectivity index (χ1v) is 7.93. The van der Waals surface area contributed by atoms with Gasteiger partial charge in [0.15, 0.2) is 5.78 Å². The zero-order valence-electron chi connectivity index (χ0n) is 10.6. The molecule has 1 fully saturated rings. The van der Waals surface area contributed by atoms with Gasteiger partial charge in [-0.25, -0.2) is 0 Å². The number of carbonyl (C=O) groups excluding carboxylic acids is 1. The van der Waals surface area contributed by atoms with Crippen LogP contribution in [0.3, 0.4) is 0 Å². The Morgan fingerprint density at radius 2 is 2.00 bits per heavy atom. The van der Waals surface area contributed by atoms with Gasteiger partial charge in [0.25, 0.3) is 0 Å². The first-order chi connectivity index (χ1) is 8.49. The molecular weight excluding hydrogens is 358 g/mol. The van der Waals surface area contributed by atoms with Crippen LogP contribution in [-0.2, 0) is 0 Å². The lowest BCUT2D eigenvalue weighted by Gasteiger charge is -2.31. The summed E-state index contributed by atoms with van der Waals surface area (Å²) in [6.45, 7) is 4.52. The molecule has 1 aliphatic carbocycles. The SMILES string of the molecule is CC1CCC(C(=O)c2ncc(Br)cc2Br)CC1C. The summed E-state index contributed by atoms with van der Waals surface area (Å²) in [5.74, 6) is 1.69. The number of rotatable bonds is 2. The summed E-state index contributed by atoms with van der Waals surface area (Å²) in [5, 5.41) is 0. The van der Waals surface area contributed by atoms with Crippen LogP contribution >= 0.6 is 31.9 Å². The van der Waals surface area contributed by atoms with Crippen molar-refractivity contribution in [2.24, 2.45) is 17.8 Å². The molecule has 0 saturated heterocycles. The van der Waals surface area contributed by atoms with Crippen molar-refractivity contribution in [2.45, 2.75) is 33.1 Å². The second-order valence-corrected chi connectivity index (χ2v) is 7.08. The van der Waals surface area contributed by atoms with Crippen molar-refractivity contribution in [1.82, 2.24) is 4.98 Å². The average Bonchev–Trinajstić information content (AvgIpc) is 2.32. The zero-order chi connectivity index (χ0) is 13.3. The lowest BCUT2D eigenvalue weighted by molar-refractivity contribution is 0.0831. The van der Waals surface area contributed by atoms with Crippen molar-refractivity contribution in [1.29, 1.82) is 0 Å². The Labute approximate surface area is 125 Å². The third-order valence-corrected chi connectivity index (χ3v) is 5.05. The molecule has 1 aliphatic rings. The summed E-state index contributed by atoms with van der Waals surface area (Å²) in [6.07, 6.45) is 4.82. The van der Waals surface area contributed by atoms with E-state index in [2.05, 4.69) is 50.7 Å². The number of hydrogen-bond donors (Lipinski definition) is 0. The van der Waals surface area contributed by atoms with Crippen LogP contribution in [-0.4, -0.2) is 10.8 Å². The molecule has 4 heteroatoms. The maximum atomic E-state index is 12.5. The molecule has 0 radical (unpaired) electrons. The fourth-order valence-corrected chi connectivity index (χ4v) is 3.76. The highest BCUT2D eigenvalue weighted by molar-refractivity contribution is 9.11. The Balaban J connectivity index is 2.16. The Hall–Kier alpha value is -0.220. The molecule has 3 unspecified atom stereocenters. The summed E-state index contributed by atoms with van der Waals surface area (Å²) in [4.78, 5) is 16.7. The molecule has 0 aromatic carbocycles. The number of halogens is 2. The highest BCUT2D eigenvalue weighted by Gasteiger charge is 2.31. The van der Waals surface area contributed by atoms with Gasteiger partial charge in [-0.15, -0.1) is 0 Å². The minimum atomic E-state index is 0.140. The van der Waals surface area contributed by atoms with Gasteiger partial charge in [-0.2, -0.15) is 0 Å². The van der Waals surface area contributed by atoms with Gasteiger partial charge in [0.2, 0.25) is 0 Å². The van der Waals surface area contributed by atoms with E-state index in [-0.39, 0.29) is 11.7 Å². The molecule has 2 nitrogen and oxygen atoms in total. The largest absolute Gasteiger partial charge is 0.292 e. The molecule has 1 aromatic heterocycles. The van der Waals surface area contributed by atoms with Crippen LogP contribution in [0.2, 0.25) is 0 Å². The van der Waals surface area contributed by atoms with E-state index >= 15 is 0 Å². The van der Waals surface area contributed by atoms with Crippen LogP contribution in [0.15, 0.2) is 21.2 Å². The summed E-state index contributed by atoms with van der Waals surface area (Å²) in [6, 6.07) is 1.88. The molecule has 1 aromatic rings. The number of carbonyl (C=O) groups is 1. The highest BCUT2D eigenvalue weighted by atomic mass is 79.9. The van der Waals surface area contributed by atoms with Gasteiger partial charge in [0.1, 0.15) is 5.69 Å². The first-order valence-electron chi connectivity index (χ1n) is 6.34. The number of hydrogen-bond acceptors (Lipinski definition) is 2. The van der Waals surface area contributed by atoms with E-state index in [9.17, 15) is 4.79 Å². The van der Waals surface area contributed by atoms with Crippen molar-refractivity contribution in [2.75, 3.05) is 0 Å². The molecule has 0 spiro atoms. The lowest BCUT2D eigenvalue weighted by atomic mass is 9.74. The van der Waals surface area contributed by atoms with Gasteiger partial charge in [0, 0.05) is 21.1 Å². The van der Waals surface area contributed by atoms with Gasteiger partial charge in [0.05, 0.1) is 0 Å². The summed E-state index contributed by atoms with van der Waals surface area (Å²) in [5.41, 5.74) is 0.574. The van der Waals surface area contributed by atoms with E-state index in [1.807, 2.05) is 6.07 Å². The predicted octanol–water partition coefficient (Wildman–Crippen LogP) is 4.86. The fraction of sp³-hybridized carbons (Fsp3) is 0.571. The smallest absolute Gasteiger partial charge is 0.185 e. The first kappa shape index (κ1) is 14.2. The molecule has 1 heterocycles. The summed E-state index contributed by atoms with van der Waals surface area (Å²) in [7, 11) is 0. The number of nitrogens with zero attached hydrogens (tertiary/aromatic N) is 1. The molecular formula is C14H17Br2NO. The Morgan fingerprint density at radius 1 is 1.28 bits per heavy atom. The third kappa shape index (κ3) is 3.02.